The van der Waals surface area contributed by atoms with Crippen LogP contribution in [0, 0.1) is 5.92 Å². The first-order valence-corrected chi connectivity index (χ1v) is 14.4. The highest BCUT2D eigenvalue weighted by Crippen LogP contribution is 2.39. The van der Waals surface area contributed by atoms with E-state index in [1.54, 1.807) is 29.7 Å². The Hall–Kier alpha value is -4.30. The van der Waals surface area contributed by atoms with Gasteiger partial charge >= 0.3 is 12.2 Å². The number of aliphatic hydroxyl groups excluding tert-OH is 1. The molecule has 228 valence electrons. The number of nitrogens with one attached hydrogen (secondary N) is 3. The van der Waals surface area contributed by atoms with E-state index in [4.69, 9.17) is 0 Å². The van der Waals surface area contributed by atoms with Crippen LogP contribution in [0.2, 0.25) is 0 Å². The number of hydrogen-bond acceptors (Lipinski definition) is 7. The molecular weight excluding hydrogens is 585 g/mol. The lowest BCUT2D eigenvalue weighted by Gasteiger charge is -2.23. The van der Waals surface area contributed by atoms with Crippen molar-refractivity contribution in [3.63, 3.8) is 0 Å². The molecular formula is C29H31F3N6O4S. The van der Waals surface area contributed by atoms with Crippen molar-refractivity contribution in [2.75, 3.05) is 25.5 Å². The molecule has 3 heterocycles. The maximum atomic E-state index is 13.6. The van der Waals surface area contributed by atoms with E-state index in [2.05, 4.69) is 25.9 Å². The Morgan fingerprint density at radius 3 is 2.51 bits per heavy atom. The summed E-state index contributed by atoms with van der Waals surface area (Å²) in [5.41, 5.74) is -0.245. The lowest BCUT2D eigenvalue weighted by molar-refractivity contribution is -0.140. The first-order chi connectivity index (χ1) is 20.4. The standard InChI is InChI=1S/C29H31F3N6O4S/c1-5-34-28(42)37-24-10-18(27-36-23(14-43-27)29(30,31)32)20(11-35-24)16-6-7-22-19(9-16)25(40)21(26(41)33-4)12-38(22)17(13-39)8-15(2)3/h6-7,9-12,14-15,17,39H,5,8,13H2,1-4H3,(H,33,41)(H2,34,35,37,42). The lowest BCUT2D eigenvalue weighted by atomic mass is 9.98. The summed E-state index contributed by atoms with van der Waals surface area (Å²) < 4.78 is 42.0. The largest absolute Gasteiger partial charge is 0.434 e. The van der Waals surface area contributed by atoms with Crippen molar-refractivity contribution in [2.45, 2.75) is 39.4 Å². The number of halogens is 3. The predicted octanol–water partition coefficient (Wildman–Crippen LogP) is 5.29. The molecule has 1 aromatic carbocycles. The van der Waals surface area contributed by atoms with E-state index < -0.39 is 35.3 Å². The Morgan fingerprint density at radius 1 is 1.16 bits per heavy atom. The molecule has 0 bridgehead atoms. The number of aliphatic hydroxyl groups is 1. The summed E-state index contributed by atoms with van der Waals surface area (Å²) in [4.78, 5) is 46.4. The summed E-state index contributed by atoms with van der Waals surface area (Å²) in [6.45, 7) is 5.83. The molecule has 3 aromatic heterocycles. The number of carbonyl (C=O) groups is 2. The van der Waals surface area contributed by atoms with Crippen molar-refractivity contribution in [1.82, 2.24) is 25.2 Å². The van der Waals surface area contributed by atoms with Crippen LogP contribution in [0.25, 0.3) is 32.6 Å². The van der Waals surface area contributed by atoms with Gasteiger partial charge in [0.25, 0.3) is 5.91 Å². The summed E-state index contributed by atoms with van der Waals surface area (Å²) in [5, 5.41) is 18.9. The van der Waals surface area contributed by atoms with E-state index >= 15 is 0 Å². The Bertz CT molecular complexity index is 1720. The minimum atomic E-state index is -4.66. The van der Waals surface area contributed by atoms with Crippen LogP contribution in [0.3, 0.4) is 0 Å². The van der Waals surface area contributed by atoms with Crippen LogP contribution in [0.4, 0.5) is 23.8 Å². The maximum absolute atomic E-state index is 13.6. The highest BCUT2D eigenvalue weighted by molar-refractivity contribution is 7.13. The predicted molar refractivity (Wildman–Crippen MR) is 159 cm³/mol. The first-order valence-electron chi connectivity index (χ1n) is 13.5. The fraction of sp³-hybridized carbons (Fsp3) is 0.345. The number of benzene rings is 1. The van der Waals surface area contributed by atoms with E-state index in [0.717, 1.165) is 16.7 Å². The number of alkyl halides is 3. The molecule has 1 unspecified atom stereocenters. The van der Waals surface area contributed by atoms with Crippen LogP contribution in [0.1, 0.15) is 49.3 Å². The Kier molecular flexibility index (Phi) is 9.50. The third-order valence-electron chi connectivity index (χ3n) is 6.67. The number of hydrogen-bond donors (Lipinski definition) is 4. The third kappa shape index (κ3) is 6.86. The lowest BCUT2D eigenvalue weighted by Crippen LogP contribution is -2.28. The second kappa shape index (κ2) is 12.9. The first kappa shape index (κ1) is 31.6. The number of thiazole rings is 1. The van der Waals surface area contributed by atoms with Gasteiger partial charge in [0, 0.05) is 47.9 Å². The summed E-state index contributed by atoms with van der Waals surface area (Å²) in [5.74, 6) is -0.315. The maximum Gasteiger partial charge on any atom is 0.434 e. The van der Waals surface area contributed by atoms with E-state index in [-0.39, 0.29) is 39.9 Å². The number of pyridine rings is 2. The number of rotatable bonds is 9. The monoisotopic (exact) mass is 616 g/mol. The van der Waals surface area contributed by atoms with Gasteiger partial charge in [0.15, 0.2) is 5.69 Å². The van der Waals surface area contributed by atoms with Crippen LogP contribution in [0.5, 0.6) is 0 Å². The molecule has 14 heteroatoms. The van der Waals surface area contributed by atoms with Gasteiger partial charge in [0.1, 0.15) is 16.4 Å². The minimum absolute atomic E-state index is 0.0255. The Morgan fingerprint density at radius 2 is 1.91 bits per heavy atom. The number of aromatic nitrogens is 3. The van der Waals surface area contributed by atoms with E-state index in [9.17, 15) is 32.7 Å². The van der Waals surface area contributed by atoms with Gasteiger partial charge in [-0.05, 0) is 43.0 Å². The Balaban J connectivity index is 1.96. The van der Waals surface area contributed by atoms with Gasteiger partial charge in [0.2, 0.25) is 5.43 Å². The quantitative estimate of drug-likeness (QED) is 0.202. The third-order valence-corrected chi connectivity index (χ3v) is 7.55. The molecule has 0 aliphatic rings. The molecule has 0 saturated carbocycles. The molecule has 43 heavy (non-hydrogen) atoms. The van der Waals surface area contributed by atoms with Gasteiger partial charge in [-0.3, -0.25) is 14.9 Å². The molecule has 0 fully saturated rings. The molecule has 4 N–H and O–H groups in total. The molecule has 0 saturated heterocycles. The minimum Gasteiger partial charge on any atom is -0.394 e. The topological polar surface area (TPSA) is 138 Å². The SMILES string of the molecule is CCNC(=O)Nc1cc(-c2nc(C(F)(F)F)cs2)c(-c2ccc3c(c2)c(=O)c(C(=O)NC)cn3C(CO)CC(C)C)cn1. The number of fused-ring (bicyclic) bond motifs is 1. The molecule has 10 nitrogen and oxygen atoms in total. The van der Waals surface area contributed by atoms with Crippen LogP contribution in [-0.2, 0) is 6.18 Å². The number of urea groups is 1. The summed E-state index contributed by atoms with van der Waals surface area (Å²) in [6, 6.07) is 5.33. The second-order valence-electron chi connectivity index (χ2n) is 10.2. The normalized spacial score (nSPS) is 12.4. The molecule has 0 aliphatic heterocycles. The van der Waals surface area contributed by atoms with Crippen molar-refractivity contribution in [3.8, 4) is 21.7 Å². The average molecular weight is 617 g/mol. The number of amides is 3. The smallest absolute Gasteiger partial charge is 0.394 e. The fourth-order valence-electron chi connectivity index (χ4n) is 4.72. The van der Waals surface area contributed by atoms with Gasteiger partial charge < -0.3 is 20.3 Å². The molecule has 4 rings (SSSR count). The van der Waals surface area contributed by atoms with Crippen molar-refractivity contribution in [1.29, 1.82) is 0 Å². The van der Waals surface area contributed by atoms with Crippen molar-refractivity contribution in [2.24, 2.45) is 5.92 Å². The van der Waals surface area contributed by atoms with Crippen LogP contribution in [0.15, 0.2) is 46.8 Å². The van der Waals surface area contributed by atoms with Crippen LogP contribution < -0.4 is 21.4 Å². The molecule has 3 amide bonds. The molecule has 0 radical (unpaired) electrons. The Labute approximate surface area is 249 Å². The van der Waals surface area contributed by atoms with Crippen molar-refractivity contribution in [3.05, 3.63) is 63.5 Å². The van der Waals surface area contributed by atoms with E-state index in [1.165, 1.54) is 25.5 Å². The van der Waals surface area contributed by atoms with Crippen molar-refractivity contribution < 1.29 is 27.9 Å². The fourth-order valence-corrected chi connectivity index (χ4v) is 5.58. The summed E-state index contributed by atoms with van der Waals surface area (Å²) >= 11 is 0.774. The van der Waals surface area contributed by atoms with E-state index in [1.807, 2.05) is 13.8 Å². The van der Waals surface area contributed by atoms with Crippen LogP contribution in [-0.4, -0.2) is 51.8 Å². The number of nitrogens with zero attached hydrogens (tertiary/aromatic N) is 3. The number of anilines is 1. The van der Waals surface area contributed by atoms with Gasteiger partial charge in [0.05, 0.1) is 18.2 Å². The highest BCUT2D eigenvalue weighted by Gasteiger charge is 2.34. The second-order valence-corrected chi connectivity index (χ2v) is 11.0. The molecule has 1 atom stereocenters. The molecule has 4 aromatic rings. The van der Waals surface area contributed by atoms with Gasteiger partial charge in [-0.25, -0.2) is 14.8 Å². The van der Waals surface area contributed by atoms with Crippen LogP contribution >= 0.6 is 11.3 Å². The molecule has 0 spiro atoms. The summed E-state index contributed by atoms with van der Waals surface area (Å²) in [7, 11) is 1.40. The average Bonchev–Trinajstić information content (AvgIpc) is 3.47. The number of carbonyl (C=O) groups excluding carboxylic acids is 2. The van der Waals surface area contributed by atoms with Crippen molar-refractivity contribution >= 4 is 40.0 Å². The van der Waals surface area contributed by atoms with E-state index in [0.29, 0.717) is 29.6 Å². The zero-order chi connectivity index (χ0) is 31.5. The summed E-state index contributed by atoms with van der Waals surface area (Å²) in [6.07, 6.45) is -1.27. The zero-order valence-corrected chi connectivity index (χ0v) is 24.7. The van der Waals surface area contributed by atoms with Gasteiger partial charge in [-0.1, -0.05) is 19.9 Å². The molecule has 0 aliphatic carbocycles. The van der Waals surface area contributed by atoms with Gasteiger partial charge in [-0.15, -0.1) is 11.3 Å². The highest BCUT2D eigenvalue weighted by atomic mass is 32.1. The zero-order valence-electron chi connectivity index (χ0n) is 23.9. The van der Waals surface area contributed by atoms with Gasteiger partial charge in [-0.2, -0.15) is 13.2 Å².